The van der Waals surface area contributed by atoms with Crippen molar-refractivity contribution in [2.45, 2.75) is 6.54 Å². The molecule has 0 spiro atoms. The van der Waals surface area contributed by atoms with Gasteiger partial charge in [0.25, 0.3) is 11.6 Å². The summed E-state index contributed by atoms with van der Waals surface area (Å²) in [5, 5.41) is 13.6. The van der Waals surface area contributed by atoms with Gasteiger partial charge in [0, 0.05) is 24.4 Å². The van der Waals surface area contributed by atoms with E-state index in [2.05, 4.69) is 5.32 Å². The Morgan fingerprint density at radius 1 is 1.29 bits per heavy atom. The summed E-state index contributed by atoms with van der Waals surface area (Å²) in [6.07, 6.45) is 0. The Morgan fingerprint density at radius 3 is 2.67 bits per heavy atom. The molecule has 0 heterocycles. The first-order chi connectivity index (χ1) is 10.0. The molecule has 2 aromatic rings. The zero-order chi connectivity index (χ0) is 15.4. The first-order valence-electron chi connectivity index (χ1n) is 6.06. The minimum Gasteiger partial charge on any atom is -0.326 e. The minimum atomic E-state index is -0.582. The number of benzene rings is 2. The van der Waals surface area contributed by atoms with E-state index in [9.17, 15) is 14.9 Å². The Bertz CT molecular complexity index is 704. The number of amides is 1. The quantitative estimate of drug-likeness (QED) is 0.670. The van der Waals surface area contributed by atoms with Crippen LogP contribution in [0.25, 0.3) is 0 Å². The summed E-state index contributed by atoms with van der Waals surface area (Å²) >= 11 is 5.93. The van der Waals surface area contributed by atoms with Crippen LogP contribution in [0.1, 0.15) is 15.9 Å². The Morgan fingerprint density at radius 2 is 2.00 bits per heavy atom. The highest BCUT2D eigenvalue weighted by molar-refractivity contribution is 6.34. The molecule has 0 atom stereocenters. The van der Waals surface area contributed by atoms with Gasteiger partial charge in [-0.1, -0.05) is 29.8 Å². The van der Waals surface area contributed by atoms with Crippen LogP contribution >= 0.6 is 11.6 Å². The number of hydrogen-bond donors (Lipinski definition) is 2. The second-order valence-electron chi connectivity index (χ2n) is 4.24. The van der Waals surface area contributed by atoms with Crippen molar-refractivity contribution in [1.82, 2.24) is 0 Å². The van der Waals surface area contributed by atoms with Crippen molar-refractivity contribution in [3.8, 4) is 0 Å². The first kappa shape index (κ1) is 15.0. The number of nitro benzene ring substituents is 1. The summed E-state index contributed by atoms with van der Waals surface area (Å²) in [6, 6.07) is 10.7. The molecule has 1 amide bonds. The average molecular weight is 306 g/mol. The summed E-state index contributed by atoms with van der Waals surface area (Å²) in [6.45, 7) is 0.263. The zero-order valence-corrected chi connectivity index (χ0v) is 11.6. The summed E-state index contributed by atoms with van der Waals surface area (Å²) in [7, 11) is 0. The summed E-state index contributed by atoms with van der Waals surface area (Å²) < 4.78 is 0. The van der Waals surface area contributed by atoms with Crippen molar-refractivity contribution in [2.24, 2.45) is 5.73 Å². The van der Waals surface area contributed by atoms with Crippen LogP contribution in [0, 0.1) is 10.1 Å². The number of nitro groups is 1. The van der Waals surface area contributed by atoms with Gasteiger partial charge in [-0.3, -0.25) is 14.9 Å². The van der Waals surface area contributed by atoms with Gasteiger partial charge >= 0.3 is 0 Å². The molecule has 0 aromatic heterocycles. The van der Waals surface area contributed by atoms with Crippen LogP contribution in [0.2, 0.25) is 5.02 Å². The van der Waals surface area contributed by atoms with Crippen LogP contribution in [0.3, 0.4) is 0 Å². The Hall–Kier alpha value is -2.44. The van der Waals surface area contributed by atoms with E-state index in [1.807, 2.05) is 0 Å². The van der Waals surface area contributed by atoms with Gasteiger partial charge in [0.1, 0.15) is 0 Å². The third-order valence-corrected chi connectivity index (χ3v) is 3.22. The van der Waals surface area contributed by atoms with Gasteiger partial charge in [0.15, 0.2) is 0 Å². The van der Waals surface area contributed by atoms with Gasteiger partial charge in [-0.2, -0.15) is 0 Å². The second kappa shape index (κ2) is 6.34. The van der Waals surface area contributed by atoms with Crippen molar-refractivity contribution in [2.75, 3.05) is 5.32 Å². The summed E-state index contributed by atoms with van der Waals surface area (Å²) in [5.74, 6) is -0.524. The maximum Gasteiger partial charge on any atom is 0.270 e. The third kappa shape index (κ3) is 3.36. The molecule has 0 unspecified atom stereocenters. The number of anilines is 1. The summed E-state index contributed by atoms with van der Waals surface area (Å²) in [5.41, 5.74) is 6.74. The SMILES string of the molecule is NCc1ccccc1NC(=O)c1cc([N+](=O)[O-])ccc1Cl. The fourth-order valence-corrected chi connectivity index (χ4v) is 2.01. The molecular formula is C14H12ClN3O3. The monoisotopic (exact) mass is 305 g/mol. The van der Waals surface area contributed by atoms with E-state index in [4.69, 9.17) is 17.3 Å². The molecule has 2 rings (SSSR count). The highest BCUT2D eigenvalue weighted by Gasteiger charge is 2.16. The van der Waals surface area contributed by atoms with E-state index >= 15 is 0 Å². The highest BCUT2D eigenvalue weighted by atomic mass is 35.5. The van der Waals surface area contributed by atoms with Crippen LogP contribution in [0.15, 0.2) is 42.5 Å². The van der Waals surface area contributed by atoms with Gasteiger partial charge in [-0.15, -0.1) is 0 Å². The smallest absolute Gasteiger partial charge is 0.270 e. The lowest BCUT2D eigenvalue weighted by Crippen LogP contribution is -2.15. The Balaban J connectivity index is 2.32. The van der Waals surface area contributed by atoms with Crippen LogP contribution < -0.4 is 11.1 Å². The van der Waals surface area contributed by atoms with Gasteiger partial charge < -0.3 is 11.1 Å². The van der Waals surface area contributed by atoms with E-state index in [1.165, 1.54) is 12.1 Å². The number of halogens is 1. The molecule has 108 valence electrons. The standard InChI is InChI=1S/C14H12ClN3O3/c15-12-6-5-10(18(20)21)7-11(12)14(19)17-13-4-2-1-3-9(13)8-16/h1-7H,8,16H2,(H,17,19). The molecular weight excluding hydrogens is 294 g/mol. The molecule has 21 heavy (non-hydrogen) atoms. The van der Waals surface area contributed by atoms with Crippen LogP contribution in [-0.4, -0.2) is 10.8 Å². The predicted molar refractivity (Wildman–Crippen MR) is 80.4 cm³/mol. The number of carbonyl (C=O) groups is 1. The van der Waals surface area contributed by atoms with E-state index in [0.717, 1.165) is 11.6 Å². The minimum absolute atomic E-state index is 0.0395. The van der Waals surface area contributed by atoms with Gasteiger partial charge in [-0.25, -0.2) is 0 Å². The molecule has 6 nitrogen and oxygen atoms in total. The average Bonchev–Trinajstić information content (AvgIpc) is 2.47. The molecule has 0 aliphatic heterocycles. The molecule has 0 saturated carbocycles. The molecule has 0 aliphatic rings. The fourth-order valence-electron chi connectivity index (χ4n) is 1.81. The lowest BCUT2D eigenvalue weighted by molar-refractivity contribution is -0.384. The van der Waals surface area contributed by atoms with E-state index in [-0.39, 0.29) is 22.8 Å². The Kier molecular flexibility index (Phi) is 4.52. The number of para-hydroxylation sites is 1. The molecule has 0 fully saturated rings. The number of nitrogens with one attached hydrogen (secondary N) is 1. The molecule has 0 aliphatic carbocycles. The third-order valence-electron chi connectivity index (χ3n) is 2.89. The molecule has 0 saturated heterocycles. The number of non-ortho nitro benzene ring substituents is 1. The molecule has 0 bridgehead atoms. The van der Waals surface area contributed by atoms with Crippen molar-refractivity contribution in [3.05, 3.63) is 68.7 Å². The molecule has 3 N–H and O–H groups in total. The predicted octanol–water partition coefficient (Wildman–Crippen LogP) is 2.96. The van der Waals surface area contributed by atoms with Gasteiger partial charge in [0.2, 0.25) is 0 Å². The molecule has 0 radical (unpaired) electrons. The second-order valence-corrected chi connectivity index (χ2v) is 4.64. The number of nitrogens with two attached hydrogens (primary N) is 1. The lowest BCUT2D eigenvalue weighted by atomic mass is 10.1. The van der Waals surface area contributed by atoms with Crippen LogP contribution in [0.4, 0.5) is 11.4 Å². The van der Waals surface area contributed by atoms with Crippen LogP contribution in [-0.2, 0) is 6.54 Å². The van der Waals surface area contributed by atoms with Gasteiger partial charge in [-0.05, 0) is 17.7 Å². The summed E-state index contributed by atoms with van der Waals surface area (Å²) in [4.78, 5) is 22.4. The van der Waals surface area contributed by atoms with E-state index < -0.39 is 10.8 Å². The van der Waals surface area contributed by atoms with Crippen molar-refractivity contribution in [3.63, 3.8) is 0 Å². The lowest BCUT2D eigenvalue weighted by Gasteiger charge is -2.10. The van der Waals surface area contributed by atoms with Crippen molar-refractivity contribution < 1.29 is 9.72 Å². The number of hydrogen-bond acceptors (Lipinski definition) is 4. The van der Waals surface area contributed by atoms with Crippen molar-refractivity contribution >= 4 is 28.9 Å². The largest absolute Gasteiger partial charge is 0.326 e. The van der Waals surface area contributed by atoms with Crippen molar-refractivity contribution in [1.29, 1.82) is 0 Å². The van der Waals surface area contributed by atoms with E-state index in [1.54, 1.807) is 24.3 Å². The highest BCUT2D eigenvalue weighted by Crippen LogP contribution is 2.24. The maximum absolute atomic E-state index is 12.2. The maximum atomic E-state index is 12.2. The number of rotatable bonds is 4. The molecule has 7 heteroatoms. The normalized spacial score (nSPS) is 10.2. The fraction of sp³-hybridized carbons (Fsp3) is 0.0714. The number of carbonyl (C=O) groups excluding carboxylic acids is 1. The topological polar surface area (TPSA) is 98.3 Å². The zero-order valence-electron chi connectivity index (χ0n) is 10.9. The molecule has 2 aromatic carbocycles. The van der Waals surface area contributed by atoms with Gasteiger partial charge in [0.05, 0.1) is 15.5 Å². The first-order valence-corrected chi connectivity index (χ1v) is 6.44. The van der Waals surface area contributed by atoms with Crippen LogP contribution in [0.5, 0.6) is 0 Å². The van der Waals surface area contributed by atoms with E-state index in [0.29, 0.717) is 5.69 Å². The Labute approximate surface area is 125 Å². The number of nitrogens with zero attached hydrogens (tertiary/aromatic N) is 1.